The largest absolute Gasteiger partial charge is 0.473 e. The predicted molar refractivity (Wildman–Crippen MR) is 53.5 cm³/mol. The van der Waals surface area contributed by atoms with Crippen molar-refractivity contribution in [3.8, 4) is 5.75 Å². The SMILES string of the molecule is Cc1cc(OC(N)CO)ccc1[N+](=O)[O-]. The molecule has 0 spiro atoms. The minimum absolute atomic E-state index is 0.0277. The molecule has 0 amide bonds. The fraction of sp³-hybridized carbons (Fsp3) is 0.333. The summed E-state index contributed by atoms with van der Waals surface area (Å²) < 4.78 is 5.08. The van der Waals surface area contributed by atoms with E-state index in [0.29, 0.717) is 11.3 Å². The predicted octanol–water partition coefficient (Wildman–Crippen LogP) is 0.559. The van der Waals surface area contributed by atoms with E-state index in [9.17, 15) is 10.1 Å². The highest BCUT2D eigenvalue weighted by atomic mass is 16.6. The van der Waals surface area contributed by atoms with Crippen LogP contribution in [-0.4, -0.2) is 22.9 Å². The van der Waals surface area contributed by atoms with Crippen molar-refractivity contribution in [2.24, 2.45) is 5.73 Å². The van der Waals surface area contributed by atoms with Crippen LogP contribution in [0.1, 0.15) is 5.56 Å². The van der Waals surface area contributed by atoms with Crippen molar-refractivity contribution in [2.45, 2.75) is 13.2 Å². The van der Waals surface area contributed by atoms with Gasteiger partial charge in [0.1, 0.15) is 5.75 Å². The van der Waals surface area contributed by atoms with E-state index >= 15 is 0 Å². The second kappa shape index (κ2) is 4.72. The molecule has 0 fully saturated rings. The highest BCUT2D eigenvalue weighted by molar-refractivity contribution is 5.44. The molecule has 1 unspecified atom stereocenters. The fourth-order valence-electron chi connectivity index (χ4n) is 1.12. The van der Waals surface area contributed by atoms with Crippen LogP contribution in [0.2, 0.25) is 0 Å². The third-order valence-corrected chi connectivity index (χ3v) is 1.83. The molecule has 1 aromatic carbocycles. The second-order valence-corrected chi connectivity index (χ2v) is 3.04. The molecule has 1 atom stereocenters. The highest BCUT2D eigenvalue weighted by Gasteiger charge is 2.11. The van der Waals surface area contributed by atoms with Crippen LogP contribution in [0.25, 0.3) is 0 Å². The molecule has 6 nitrogen and oxygen atoms in total. The summed E-state index contributed by atoms with van der Waals surface area (Å²) in [7, 11) is 0. The molecular formula is C9H12N2O4. The molecule has 0 bridgehead atoms. The number of aliphatic hydroxyl groups excluding tert-OH is 1. The molecule has 0 saturated carbocycles. The molecular weight excluding hydrogens is 200 g/mol. The summed E-state index contributed by atoms with van der Waals surface area (Å²) >= 11 is 0. The summed E-state index contributed by atoms with van der Waals surface area (Å²) in [6.45, 7) is 1.30. The van der Waals surface area contributed by atoms with Crippen molar-refractivity contribution in [3.63, 3.8) is 0 Å². The lowest BCUT2D eigenvalue weighted by Gasteiger charge is -2.11. The Hall–Kier alpha value is -1.66. The van der Waals surface area contributed by atoms with E-state index in [2.05, 4.69) is 0 Å². The van der Waals surface area contributed by atoms with Gasteiger partial charge in [-0.3, -0.25) is 15.8 Å². The van der Waals surface area contributed by atoms with Crippen LogP contribution in [0.3, 0.4) is 0 Å². The Kier molecular flexibility index (Phi) is 3.59. The Bertz CT molecular complexity index is 367. The summed E-state index contributed by atoms with van der Waals surface area (Å²) in [5, 5.41) is 19.2. The number of nitro groups is 1. The minimum Gasteiger partial charge on any atom is -0.473 e. The number of nitro benzene ring substituents is 1. The molecule has 0 heterocycles. The quantitative estimate of drug-likeness (QED) is 0.431. The van der Waals surface area contributed by atoms with Gasteiger partial charge in [-0.25, -0.2) is 0 Å². The van der Waals surface area contributed by atoms with Crippen LogP contribution in [0.4, 0.5) is 5.69 Å². The third kappa shape index (κ3) is 2.90. The maximum absolute atomic E-state index is 10.5. The zero-order chi connectivity index (χ0) is 11.4. The van der Waals surface area contributed by atoms with Gasteiger partial charge in [0.25, 0.3) is 5.69 Å². The van der Waals surface area contributed by atoms with Crippen LogP contribution in [0.5, 0.6) is 5.75 Å². The van der Waals surface area contributed by atoms with Crippen molar-refractivity contribution in [1.82, 2.24) is 0 Å². The number of aryl methyl sites for hydroxylation is 1. The van der Waals surface area contributed by atoms with Gasteiger partial charge in [0, 0.05) is 11.6 Å². The van der Waals surface area contributed by atoms with Crippen molar-refractivity contribution < 1.29 is 14.8 Å². The molecule has 15 heavy (non-hydrogen) atoms. The number of rotatable bonds is 4. The summed E-state index contributed by atoms with van der Waals surface area (Å²) in [5.74, 6) is 0.402. The van der Waals surface area contributed by atoms with Gasteiger partial charge in [-0.1, -0.05) is 0 Å². The molecule has 0 radical (unpaired) electrons. The van der Waals surface area contributed by atoms with Crippen molar-refractivity contribution in [1.29, 1.82) is 0 Å². The summed E-state index contributed by atoms with van der Waals surface area (Å²) in [6.07, 6.45) is -0.814. The van der Waals surface area contributed by atoms with E-state index < -0.39 is 11.2 Å². The van der Waals surface area contributed by atoms with E-state index in [1.54, 1.807) is 6.92 Å². The van der Waals surface area contributed by atoms with E-state index in [4.69, 9.17) is 15.6 Å². The molecule has 0 aromatic heterocycles. The fourth-order valence-corrected chi connectivity index (χ4v) is 1.12. The van der Waals surface area contributed by atoms with Crippen molar-refractivity contribution >= 4 is 5.69 Å². The van der Waals surface area contributed by atoms with Crippen LogP contribution in [0.15, 0.2) is 18.2 Å². The Morgan fingerprint density at radius 2 is 2.33 bits per heavy atom. The molecule has 6 heteroatoms. The van der Waals surface area contributed by atoms with Gasteiger partial charge in [0.05, 0.1) is 11.5 Å². The Balaban J connectivity index is 2.87. The maximum atomic E-state index is 10.5. The molecule has 1 rings (SSSR count). The van der Waals surface area contributed by atoms with Gasteiger partial charge in [-0.2, -0.15) is 0 Å². The molecule has 0 aliphatic carbocycles. The first-order chi connectivity index (χ1) is 7.04. The standard InChI is InChI=1S/C9H12N2O4/c1-6-4-7(15-9(10)5-12)2-3-8(6)11(13)14/h2-4,9,12H,5,10H2,1H3. The van der Waals surface area contributed by atoms with E-state index in [-0.39, 0.29) is 12.3 Å². The first-order valence-electron chi connectivity index (χ1n) is 4.32. The highest BCUT2D eigenvalue weighted by Crippen LogP contribution is 2.23. The van der Waals surface area contributed by atoms with Gasteiger partial charge in [0.2, 0.25) is 0 Å². The smallest absolute Gasteiger partial charge is 0.272 e. The number of nitrogens with two attached hydrogens (primary N) is 1. The first-order valence-corrected chi connectivity index (χ1v) is 4.32. The van der Waals surface area contributed by atoms with E-state index in [1.165, 1.54) is 18.2 Å². The van der Waals surface area contributed by atoms with Crippen molar-refractivity contribution in [3.05, 3.63) is 33.9 Å². The Morgan fingerprint density at radius 3 is 2.80 bits per heavy atom. The maximum Gasteiger partial charge on any atom is 0.272 e. The average molecular weight is 212 g/mol. The Labute approximate surface area is 86.4 Å². The second-order valence-electron chi connectivity index (χ2n) is 3.04. The summed E-state index contributed by atoms with van der Waals surface area (Å²) in [4.78, 5) is 10.0. The van der Waals surface area contributed by atoms with E-state index in [1.807, 2.05) is 0 Å². The van der Waals surface area contributed by atoms with Crippen LogP contribution in [-0.2, 0) is 0 Å². The Morgan fingerprint density at radius 1 is 1.67 bits per heavy atom. The third-order valence-electron chi connectivity index (χ3n) is 1.83. The van der Waals surface area contributed by atoms with Gasteiger partial charge in [0.15, 0.2) is 6.23 Å². The van der Waals surface area contributed by atoms with Crippen LogP contribution < -0.4 is 10.5 Å². The number of benzene rings is 1. The summed E-state index contributed by atoms with van der Waals surface area (Å²) in [6, 6.07) is 4.29. The molecule has 0 aliphatic heterocycles. The van der Waals surface area contributed by atoms with Gasteiger partial charge in [-0.05, 0) is 19.1 Å². The zero-order valence-electron chi connectivity index (χ0n) is 8.21. The van der Waals surface area contributed by atoms with Crippen LogP contribution >= 0.6 is 0 Å². The van der Waals surface area contributed by atoms with Crippen molar-refractivity contribution in [2.75, 3.05) is 6.61 Å². The van der Waals surface area contributed by atoms with Gasteiger partial charge in [-0.15, -0.1) is 0 Å². The molecule has 0 saturated heterocycles. The van der Waals surface area contributed by atoms with Crippen LogP contribution in [0, 0.1) is 17.0 Å². The number of hydrogen-bond acceptors (Lipinski definition) is 5. The molecule has 3 N–H and O–H groups in total. The number of hydrogen-bond donors (Lipinski definition) is 2. The number of nitrogens with zero attached hydrogens (tertiary/aromatic N) is 1. The zero-order valence-corrected chi connectivity index (χ0v) is 8.21. The number of ether oxygens (including phenoxy) is 1. The lowest BCUT2D eigenvalue weighted by Crippen LogP contribution is -2.30. The van der Waals surface area contributed by atoms with Gasteiger partial charge >= 0.3 is 0 Å². The van der Waals surface area contributed by atoms with Gasteiger partial charge < -0.3 is 9.84 Å². The molecule has 1 aromatic rings. The molecule has 0 aliphatic rings. The monoisotopic (exact) mass is 212 g/mol. The minimum atomic E-state index is -0.814. The summed E-state index contributed by atoms with van der Waals surface area (Å²) in [5.41, 5.74) is 5.86. The van der Waals surface area contributed by atoms with E-state index in [0.717, 1.165) is 0 Å². The first kappa shape index (κ1) is 11.4. The normalized spacial score (nSPS) is 12.2. The average Bonchev–Trinajstić information content (AvgIpc) is 2.17. The molecule has 82 valence electrons. The lowest BCUT2D eigenvalue weighted by atomic mass is 10.2. The number of aliphatic hydroxyl groups is 1. The lowest BCUT2D eigenvalue weighted by molar-refractivity contribution is -0.385. The topological polar surface area (TPSA) is 98.6 Å².